The molecule has 0 aromatic heterocycles. The van der Waals surface area contributed by atoms with Gasteiger partial charge >= 0.3 is 0 Å². The fraction of sp³-hybridized carbons (Fsp3) is 0.833. The third-order valence-electron chi connectivity index (χ3n) is 2.71. The molecule has 0 saturated heterocycles. The molecule has 0 aromatic rings. The molecule has 1 saturated carbocycles. The van der Waals surface area contributed by atoms with Crippen molar-refractivity contribution in [2.75, 3.05) is 19.8 Å². The Balaban J connectivity index is 1.82. The van der Waals surface area contributed by atoms with Gasteiger partial charge in [0.25, 0.3) is 0 Å². The maximum Gasteiger partial charge on any atom is 0.0591 e. The van der Waals surface area contributed by atoms with Crippen LogP contribution in [0.5, 0.6) is 0 Å². The minimum absolute atomic E-state index is 0.764. The molecule has 0 radical (unpaired) electrons. The van der Waals surface area contributed by atoms with Crippen LogP contribution in [0.4, 0.5) is 0 Å². The molecule has 0 atom stereocenters. The summed E-state index contributed by atoms with van der Waals surface area (Å²) in [6, 6.07) is 0.764. The molecule has 0 unspecified atom stereocenters. The maximum absolute atomic E-state index is 5.48. The predicted molar refractivity (Wildman–Crippen MR) is 60.5 cm³/mol. The van der Waals surface area contributed by atoms with Crippen LogP contribution in [-0.4, -0.2) is 25.8 Å². The van der Waals surface area contributed by atoms with E-state index in [2.05, 4.69) is 11.9 Å². The van der Waals surface area contributed by atoms with Crippen LogP contribution >= 0.6 is 0 Å². The Morgan fingerprint density at radius 3 is 2.71 bits per heavy atom. The highest BCUT2D eigenvalue weighted by molar-refractivity contribution is 4.87. The molecule has 2 nitrogen and oxygen atoms in total. The van der Waals surface area contributed by atoms with Crippen LogP contribution in [0.3, 0.4) is 0 Å². The minimum atomic E-state index is 0.764. The van der Waals surface area contributed by atoms with E-state index in [1.807, 2.05) is 6.92 Å². The summed E-state index contributed by atoms with van der Waals surface area (Å²) in [6.07, 6.45) is 6.49. The second-order valence-electron chi connectivity index (χ2n) is 4.25. The van der Waals surface area contributed by atoms with Crippen molar-refractivity contribution >= 4 is 0 Å². The fourth-order valence-corrected chi connectivity index (χ4v) is 1.81. The lowest BCUT2D eigenvalue weighted by Gasteiger charge is -2.11. The molecule has 1 rings (SSSR count). The van der Waals surface area contributed by atoms with Crippen molar-refractivity contribution in [3.05, 3.63) is 12.2 Å². The standard InChI is InChI=1S/C12H23NO/c1-11(2)7-9-14-10-8-13-12-5-3-4-6-12/h12-13H,1,3-10H2,2H3. The van der Waals surface area contributed by atoms with Gasteiger partial charge in [-0.1, -0.05) is 18.4 Å². The number of hydrogen-bond acceptors (Lipinski definition) is 2. The van der Waals surface area contributed by atoms with Crippen LogP contribution in [0.25, 0.3) is 0 Å². The van der Waals surface area contributed by atoms with E-state index in [4.69, 9.17) is 4.74 Å². The van der Waals surface area contributed by atoms with Crippen molar-refractivity contribution in [3.63, 3.8) is 0 Å². The van der Waals surface area contributed by atoms with E-state index in [9.17, 15) is 0 Å². The van der Waals surface area contributed by atoms with Crippen molar-refractivity contribution in [1.82, 2.24) is 5.32 Å². The van der Waals surface area contributed by atoms with Gasteiger partial charge < -0.3 is 10.1 Å². The monoisotopic (exact) mass is 197 g/mol. The average Bonchev–Trinajstić information content (AvgIpc) is 2.63. The van der Waals surface area contributed by atoms with Crippen molar-refractivity contribution in [1.29, 1.82) is 0 Å². The van der Waals surface area contributed by atoms with Gasteiger partial charge in [-0.25, -0.2) is 0 Å². The smallest absolute Gasteiger partial charge is 0.0591 e. The molecule has 1 N–H and O–H groups in total. The summed E-state index contributed by atoms with van der Waals surface area (Å²) in [5.41, 5.74) is 1.20. The van der Waals surface area contributed by atoms with Gasteiger partial charge in [0.1, 0.15) is 0 Å². The van der Waals surface area contributed by atoms with Crippen LogP contribution in [0.2, 0.25) is 0 Å². The summed E-state index contributed by atoms with van der Waals surface area (Å²) in [7, 11) is 0. The van der Waals surface area contributed by atoms with Gasteiger partial charge in [-0.15, -0.1) is 6.58 Å². The first kappa shape index (κ1) is 11.7. The molecule has 0 amide bonds. The zero-order valence-electron chi connectivity index (χ0n) is 9.35. The predicted octanol–water partition coefficient (Wildman–Crippen LogP) is 2.50. The summed E-state index contributed by atoms with van der Waals surface area (Å²) in [4.78, 5) is 0. The Morgan fingerprint density at radius 1 is 1.36 bits per heavy atom. The lowest BCUT2D eigenvalue weighted by molar-refractivity contribution is 0.137. The van der Waals surface area contributed by atoms with E-state index < -0.39 is 0 Å². The van der Waals surface area contributed by atoms with Gasteiger partial charge in [0.05, 0.1) is 13.2 Å². The summed E-state index contributed by atoms with van der Waals surface area (Å²) < 4.78 is 5.48. The molecular weight excluding hydrogens is 174 g/mol. The SMILES string of the molecule is C=C(C)CCOCCNC1CCCC1. The van der Waals surface area contributed by atoms with Gasteiger partial charge in [0, 0.05) is 12.6 Å². The zero-order chi connectivity index (χ0) is 10.2. The molecule has 0 heterocycles. The topological polar surface area (TPSA) is 21.3 Å². The van der Waals surface area contributed by atoms with Crippen molar-refractivity contribution in [2.24, 2.45) is 0 Å². The number of rotatable bonds is 7. The van der Waals surface area contributed by atoms with Gasteiger partial charge in [-0.2, -0.15) is 0 Å². The van der Waals surface area contributed by atoms with Crippen molar-refractivity contribution in [3.8, 4) is 0 Å². The van der Waals surface area contributed by atoms with Gasteiger partial charge in [0.2, 0.25) is 0 Å². The first-order valence-electron chi connectivity index (χ1n) is 5.74. The van der Waals surface area contributed by atoms with Gasteiger partial charge in [-0.3, -0.25) is 0 Å². The van der Waals surface area contributed by atoms with Crippen LogP contribution in [0.1, 0.15) is 39.0 Å². The maximum atomic E-state index is 5.48. The molecule has 0 aromatic carbocycles. The van der Waals surface area contributed by atoms with Gasteiger partial charge in [-0.05, 0) is 26.2 Å². The van der Waals surface area contributed by atoms with E-state index in [0.29, 0.717) is 0 Å². The number of ether oxygens (including phenoxy) is 1. The Bertz CT molecular complexity index is 162. The lowest BCUT2D eigenvalue weighted by atomic mass is 10.2. The molecule has 0 spiro atoms. The lowest BCUT2D eigenvalue weighted by Crippen LogP contribution is -2.29. The second kappa shape index (κ2) is 7.02. The fourth-order valence-electron chi connectivity index (χ4n) is 1.81. The molecule has 82 valence electrons. The van der Waals surface area contributed by atoms with Crippen LogP contribution in [0, 0.1) is 0 Å². The third-order valence-corrected chi connectivity index (χ3v) is 2.71. The van der Waals surface area contributed by atoms with E-state index in [1.165, 1.54) is 31.3 Å². The third kappa shape index (κ3) is 5.40. The van der Waals surface area contributed by atoms with E-state index in [-0.39, 0.29) is 0 Å². The number of hydrogen-bond donors (Lipinski definition) is 1. The summed E-state index contributed by atoms with van der Waals surface area (Å²) in [5.74, 6) is 0. The Labute approximate surface area is 87.7 Å². The molecular formula is C12H23NO. The van der Waals surface area contributed by atoms with Crippen LogP contribution in [-0.2, 0) is 4.74 Å². The highest BCUT2D eigenvalue weighted by atomic mass is 16.5. The average molecular weight is 197 g/mol. The molecule has 1 aliphatic rings. The van der Waals surface area contributed by atoms with Crippen molar-refractivity contribution < 1.29 is 4.74 Å². The van der Waals surface area contributed by atoms with Crippen molar-refractivity contribution in [2.45, 2.75) is 45.1 Å². The van der Waals surface area contributed by atoms with E-state index >= 15 is 0 Å². The Morgan fingerprint density at radius 2 is 2.07 bits per heavy atom. The normalized spacial score (nSPS) is 17.5. The van der Waals surface area contributed by atoms with E-state index in [0.717, 1.165) is 32.2 Å². The molecule has 2 heteroatoms. The molecule has 14 heavy (non-hydrogen) atoms. The summed E-state index contributed by atoms with van der Waals surface area (Å²) >= 11 is 0. The highest BCUT2D eigenvalue weighted by Crippen LogP contribution is 2.17. The molecule has 0 aliphatic heterocycles. The molecule has 0 bridgehead atoms. The first-order chi connectivity index (χ1) is 6.79. The Kier molecular flexibility index (Phi) is 5.88. The second-order valence-corrected chi connectivity index (χ2v) is 4.25. The summed E-state index contributed by atoms with van der Waals surface area (Å²) in [5, 5.41) is 3.52. The molecule has 1 fully saturated rings. The largest absolute Gasteiger partial charge is 0.380 e. The highest BCUT2D eigenvalue weighted by Gasteiger charge is 2.12. The zero-order valence-corrected chi connectivity index (χ0v) is 9.35. The quantitative estimate of drug-likeness (QED) is 0.500. The first-order valence-corrected chi connectivity index (χ1v) is 5.74. The van der Waals surface area contributed by atoms with Crippen LogP contribution in [0.15, 0.2) is 12.2 Å². The van der Waals surface area contributed by atoms with Crippen LogP contribution < -0.4 is 5.32 Å². The van der Waals surface area contributed by atoms with Gasteiger partial charge in [0.15, 0.2) is 0 Å². The molecule has 1 aliphatic carbocycles. The Hall–Kier alpha value is -0.340. The van der Waals surface area contributed by atoms with E-state index in [1.54, 1.807) is 0 Å². The minimum Gasteiger partial charge on any atom is -0.380 e. The number of nitrogens with one attached hydrogen (secondary N) is 1. The summed E-state index contributed by atoms with van der Waals surface area (Å²) in [6.45, 7) is 8.54.